The standard InChI is InChI=1S/C17H26ClN3O3S2.ClH/c1-5-11(3)20-16-21(12(4)6-2)17(22,10-25-16)13-7-8-14(18)15(9-13)26(19,23)24;/h7-9,11-12,22H,5-6,10H2,1-4H3,(H2,19,23,24);1H. The van der Waals surface area contributed by atoms with Gasteiger partial charge in [-0.25, -0.2) is 13.6 Å². The lowest BCUT2D eigenvalue weighted by atomic mass is 10.0. The van der Waals surface area contributed by atoms with Crippen molar-refractivity contribution in [2.24, 2.45) is 10.1 Å². The molecule has 1 aliphatic heterocycles. The number of amidine groups is 1. The van der Waals surface area contributed by atoms with Crippen molar-refractivity contribution in [2.75, 3.05) is 5.75 Å². The van der Waals surface area contributed by atoms with Crippen molar-refractivity contribution in [3.05, 3.63) is 28.8 Å². The molecule has 3 unspecified atom stereocenters. The third kappa shape index (κ3) is 5.10. The summed E-state index contributed by atoms with van der Waals surface area (Å²) in [5.74, 6) is 0.346. The van der Waals surface area contributed by atoms with E-state index in [2.05, 4.69) is 6.92 Å². The molecule has 0 saturated carbocycles. The van der Waals surface area contributed by atoms with Crippen LogP contribution in [0.5, 0.6) is 0 Å². The topological polar surface area (TPSA) is 96.0 Å². The van der Waals surface area contributed by atoms with E-state index in [0.717, 1.165) is 18.0 Å². The minimum atomic E-state index is -3.99. The van der Waals surface area contributed by atoms with Crippen LogP contribution < -0.4 is 5.14 Å². The van der Waals surface area contributed by atoms with Gasteiger partial charge in [-0.15, -0.1) is 12.4 Å². The fourth-order valence-corrected chi connectivity index (χ4v) is 5.20. The summed E-state index contributed by atoms with van der Waals surface area (Å²) in [6.45, 7) is 8.14. The van der Waals surface area contributed by atoms with Crippen LogP contribution >= 0.6 is 35.8 Å². The molecule has 154 valence electrons. The number of thioether (sulfide) groups is 1. The number of aliphatic hydroxyl groups is 1. The van der Waals surface area contributed by atoms with Crippen LogP contribution in [0.2, 0.25) is 5.02 Å². The molecule has 0 bridgehead atoms. The van der Waals surface area contributed by atoms with Gasteiger partial charge in [0.2, 0.25) is 10.0 Å². The van der Waals surface area contributed by atoms with E-state index in [1.807, 2.05) is 25.7 Å². The first-order valence-corrected chi connectivity index (χ1v) is 11.5. The average molecular weight is 456 g/mol. The fraction of sp³-hybridized carbons (Fsp3) is 0.588. The molecule has 3 atom stereocenters. The predicted octanol–water partition coefficient (Wildman–Crippen LogP) is 3.56. The second-order valence-corrected chi connectivity index (χ2v) is 9.47. The van der Waals surface area contributed by atoms with Crippen LogP contribution in [0.3, 0.4) is 0 Å². The van der Waals surface area contributed by atoms with Crippen molar-refractivity contribution in [3.8, 4) is 0 Å². The van der Waals surface area contributed by atoms with Gasteiger partial charge in [-0.05, 0) is 38.8 Å². The molecule has 1 aromatic rings. The smallest absolute Gasteiger partial charge is 0.239 e. The number of aliphatic imine (C=N–C) groups is 1. The lowest BCUT2D eigenvalue weighted by Gasteiger charge is -2.39. The van der Waals surface area contributed by atoms with Gasteiger partial charge in [0.05, 0.1) is 10.8 Å². The quantitative estimate of drug-likeness (QED) is 0.683. The maximum atomic E-state index is 11.8. The molecule has 1 aliphatic rings. The summed E-state index contributed by atoms with van der Waals surface area (Å²) < 4.78 is 23.6. The maximum Gasteiger partial charge on any atom is 0.239 e. The highest BCUT2D eigenvalue weighted by Crippen LogP contribution is 2.42. The van der Waals surface area contributed by atoms with Crippen LogP contribution in [0.4, 0.5) is 0 Å². The van der Waals surface area contributed by atoms with Crippen molar-refractivity contribution in [2.45, 2.75) is 63.2 Å². The van der Waals surface area contributed by atoms with Crippen LogP contribution in [0.25, 0.3) is 0 Å². The highest BCUT2D eigenvalue weighted by molar-refractivity contribution is 8.14. The molecule has 1 fully saturated rings. The van der Waals surface area contributed by atoms with Crippen molar-refractivity contribution in [3.63, 3.8) is 0 Å². The maximum absolute atomic E-state index is 11.8. The number of benzene rings is 1. The van der Waals surface area contributed by atoms with Gasteiger partial charge < -0.3 is 10.0 Å². The van der Waals surface area contributed by atoms with Gasteiger partial charge >= 0.3 is 0 Å². The molecule has 0 spiro atoms. The van der Waals surface area contributed by atoms with Crippen molar-refractivity contribution in [1.29, 1.82) is 0 Å². The third-order valence-corrected chi connectivity index (χ3v) is 7.16. The van der Waals surface area contributed by atoms with Gasteiger partial charge in [0.1, 0.15) is 4.90 Å². The Labute approximate surface area is 177 Å². The van der Waals surface area contributed by atoms with Crippen molar-refractivity contribution in [1.82, 2.24) is 4.90 Å². The van der Waals surface area contributed by atoms with E-state index in [1.165, 1.54) is 23.9 Å². The summed E-state index contributed by atoms with van der Waals surface area (Å²) in [4.78, 5) is 6.42. The van der Waals surface area contributed by atoms with Gasteiger partial charge in [-0.3, -0.25) is 4.99 Å². The number of nitrogens with two attached hydrogens (primary N) is 1. The number of primary sulfonamides is 1. The van der Waals surface area contributed by atoms with Gasteiger partial charge in [0.15, 0.2) is 10.9 Å². The lowest BCUT2D eigenvalue weighted by Crippen LogP contribution is -2.49. The van der Waals surface area contributed by atoms with E-state index in [-0.39, 0.29) is 34.4 Å². The highest BCUT2D eigenvalue weighted by atomic mass is 35.5. The molecule has 0 radical (unpaired) electrons. The van der Waals surface area contributed by atoms with Crippen LogP contribution in [0, 0.1) is 0 Å². The average Bonchev–Trinajstić information content (AvgIpc) is 2.90. The number of rotatable bonds is 6. The van der Waals surface area contributed by atoms with Crippen LogP contribution in [0.15, 0.2) is 28.1 Å². The van der Waals surface area contributed by atoms with Gasteiger partial charge in [0.25, 0.3) is 0 Å². The summed E-state index contributed by atoms with van der Waals surface area (Å²) >= 11 is 7.46. The zero-order valence-corrected chi connectivity index (χ0v) is 19.1. The first-order chi connectivity index (χ1) is 12.0. The van der Waals surface area contributed by atoms with Crippen LogP contribution in [-0.2, 0) is 15.7 Å². The van der Waals surface area contributed by atoms with E-state index in [1.54, 1.807) is 6.07 Å². The van der Waals surface area contributed by atoms with Gasteiger partial charge in [-0.1, -0.05) is 43.3 Å². The summed E-state index contributed by atoms with van der Waals surface area (Å²) in [7, 11) is -3.99. The zero-order chi connectivity index (χ0) is 19.7. The van der Waals surface area contributed by atoms with Gasteiger partial charge in [-0.2, -0.15) is 0 Å². The number of hydrogen-bond donors (Lipinski definition) is 2. The summed E-state index contributed by atoms with van der Waals surface area (Å²) in [5, 5.41) is 17.6. The Hall–Kier alpha value is -0.510. The molecular weight excluding hydrogens is 429 g/mol. The first-order valence-electron chi connectivity index (χ1n) is 8.59. The third-order valence-electron chi connectivity index (χ3n) is 4.66. The summed E-state index contributed by atoms with van der Waals surface area (Å²) in [6, 6.07) is 4.61. The van der Waals surface area contributed by atoms with E-state index < -0.39 is 15.7 Å². The van der Waals surface area contributed by atoms with E-state index in [9.17, 15) is 13.5 Å². The Balaban J connectivity index is 0.00000364. The second kappa shape index (κ2) is 9.33. The molecule has 0 aromatic heterocycles. The Kier molecular flexibility index (Phi) is 8.47. The largest absolute Gasteiger partial charge is 0.366 e. The molecule has 1 heterocycles. The van der Waals surface area contributed by atoms with E-state index in [0.29, 0.717) is 11.3 Å². The Morgan fingerprint density at radius 2 is 2.00 bits per heavy atom. The molecule has 2 rings (SSSR count). The van der Waals surface area contributed by atoms with Gasteiger partial charge in [0, 0.05) is 17.6 Å². The molecular formula is C17H27Cl2N3O3S2. The number of hydrogen-bond acceptors (Lipinski definition) is 5. The molecule has 0 aliphatic carbocycles. The fourth-order valence-electron chi connectivity index (χ4n) is 2.77. The minimum absolute atomic E-state index is 0. The monoisotopic (exact) mass is 455 g/mol. The van der Waals surface area contributed by atoms with Crippen molar-refractivity contribution >= 4 is 51.0 Å². The molecule has 10 heteroatoms. The predicted molar refractivity (Wildman–Crippen MR) is 115 cm³/mol. The zero-order valence-electron chi connectivity index (χ0n) is 15.8. The molecule has 0 amide bonds. The highest BCUT2D eigenvalue weighted by Gasteiger charge is 2.47. The first kappa shape index (κ1) is 24.5. The Bertz CT molecular complexity index is 805. The second-order valence-electron chi connectivity index (χ2n) is 6.59. The summed E-state index contributed by atoms with van der Waals surface area (Å²) in [5.41, 5.74) is -0.941. The SMILES string of the molecule is CCC(C)N=C1SCC(O)(c2ccc(Cl)c(S(N)(=O)=O)c2)N1C(C)CC.Cl. The Morgan fingerprint density at radius 3 is 2.52 bits per heavy atom. The Morgan fingerprint density at radius 1 is 1.37 bits per heavy atom. The molecule has 27 heavy (non-hydrogen) atoms. The van der Waals surface area contributed by atoms with Crippen LogP contribution in [0.1, 0.15) is 46.1 Å². The molecule has 1 aromatic carbocycles. The minimum Gasteiger partial charge on any atom is -0.366 e. The van der Waals surface area contributed by atoms with Crippen molar-refractivity contribution < 1.29 is 13.5 Å². The summed E-state index contributed by atoms with van der Waals surface area (Å²) in [6.07, 6.45) is 1.70. The number of nitrogens with zero attached hydrogens (tertiary/aromatic N) is 2. The lowest BCUT2D eigenvalue weighted by molar-refractivity contribution is -0.0654. The van der Waals surface area contributed by atoms with E-state index >= 15 is 0 Å². The molecule has 3 N–H and O–H groups in total. The van der Waals surface area contributed by atoms with E-state index in [4.69, 9.17) is 21.7 Å². The molecule has 1 saturated heterocycles. The molecule has 6 nitrogen and oxygen atoms in total. The number of sulfonamides is 1. The van der Waals surface area contributed by atoms with Crippen LogP contribution in [-0.4, -0.2) is 41.4 Å². The number of halogens is 2. The normalized spacial score (nSPS) is 24.0.